The molecule has 0 aliphatic heterocycles. The van der Waals surface area contributed by atoms with Gasteiger partial charge in [0, 0.05) is 21.8 Å². The third kappa shape index (κ3) is 2.42. The Morgan fingerprint density at radius 1 is 0.952 bits per heavy atom. The van der Waals surface area contributed by atoms with Crippen LogP contribution in [0.15, 0.2) is 42.5 Å². The second-order valence-corrected chi connectivity index (χ2v) is 11.4. The van der Waals surface area contributed by atoms with Crippen molar-refractivity contribution >= 4 is 30.0 Å². The van der Waals surface area contributed by atoms with Crippen molar-refractivity contribution in [2.45, 2.75) is 45.8 Å². The van der Waals surface area contributed by atoms with E-state index in [2.05, 4.69) is 73.6 Å². The Balaban J connectivity index is 2.33. The van der Waals surface area contributed by atoms with Gasteiger partial charge in [0.05, 0.1) is 0 Å². The summed E-state index contributed by atoms with van der Waals surface area (Å²) in [5.74, 6) is 0. The molecular formula is C19H25NSi. The number of para-hydroxylation sites is 1. The number of aromatic nitrogens is 1. The Morgan fingerprint density at radius 2 is 1.67 bits per heavy atom. The predicted octanol–water partition coefficient (Wildman–Crippen LogP) is 5.96. The molecule has 0 spiro atoms. The first-order valence-corrected chi connectivity index (χ1v) is 11.2. The molecule has 2 heteroatoms. The minimum absolute atomic E-state index is 1.28. The van der Waals surface area contributed by atoms with Crippen LogP contribution >= 0.6 is 0 Å². The third-order valence-corrected chi connectivity index (χ3v) is 7.85. The number of hydrogen-bond acceptors (Lipinski definition) is 0. The Hall–Kier alpha value is -1.54. The molecule has 0 bridgehead atoms. The minimum atomic E-state index is -1.48. The van der Waals surface area contributed by atoms with E-state index in [9.17, 15) is 0 Å². The molecule has 3 aromatic rings. The fourth-order valence-electron chi connectivity index (χ4n) is 3.46. The van der Waals surface area contributed by atoms with E-state index in [1.165, 1.54) is 46.3 Å². The lowest BCUT2D eigenvalue weighted by molar-refractivity contribution is 0.858. The minimum Gasteiger partial charge on any atom is -0.368 e. The largest absolute Gasteiger partial charge is 0.368 e. The van der Waals surface area contributed by atoms with Gasteiger partial charge >= 0.3 is 0 Å². The Bertz CT molecular complexity index is 783. The summed E-state index contributed by atoms with van der Waals surface area (Å²) >= 11 is 0. The molecule has 2 aromatic carbocycles. The van der Waals surface area contributed by atoms with Crippen molar-refractivity contribution in [2.24, 2.45) is 0 Å². The zero-order valence-corrected chi connectivity index (χ0v) is 14.6. The van der Waals surface area contributed by atoms with E-state index in [1.807, 2.05) is 0 Å². The van der Waals surface area contributed by atoms with Crippen molar-refractivity contribution in [3.8, 4) is 0 Å². The highest BCUT2D eigenvalue weighted by molar-refractivity contribution is 6.77. The van der Waals surface area contributed by atoms with Crippen molar-refractivity contribution < 1.29 is 0 Å². The molecule has 1 nitrogen and oxygen atoms in total. The summed E-state index contributed by atoms with van der Waals surface area (Å²) < 4.78 is 2.69. The third-order valence-electron chi connectivity index (χ3n) is 4.58. The summed E-state index contributed by atoms with van der Waals surface area (Å²) in [4.78, 5) is 0. The maximum atomic E-state index is 2.69. The number of unbranched alkanes of at least 4 members (excludes halogenated alkanes) is 1. The van der Waals surface area contributed by atoms with E-state index in [0.29, 0.717) is 0 Å². The molecule has 0 atom stereocenters. The second-order valence-electron chi connectivity index (χ2n) is 6.79. The first kappa shape index (κ1) is 14.4. The summed E-state index contributed by atoms with van der Waals surface area (Å²) in [7, 11) is -1.48. The molecular weight excluding hydrogens is 270 g/mol. The van der Waals surface area contributed by atoms with Gasteiger partial charge in [-0.1, -0.05) is 62.7 Å². The van der Waals surface area contributed by atoms with Gasteiger partial charge in [-0.25, -0.2) is 0 Å². The number of rotatable bonds is 4. The highest BCUT2D eigenvalue weighted by Gasteiger charge is 2.26. The van der Waals surface area contributed by atoms with Crippen LogP contribution in [0.2, 0.25) is 19.1 Å². The van der Waals surface area contributed by atoms with Crippen molar-refractivity contribution in [1.29, 1.82) is 0 Å². The molecule has 1 heterocycles. The van der Waals surface area contributed by atoms with E-state index >= 15 is 0 Å². The number of aryl methyl sites for hydroxylation is 1. The van der Waals surface area contributed by atoms with Crippen LogP contribution in [0, 0.1) is 6.92 Å². The predicted molar refractivity (Wildman–Crippen MR) is 96.8 cm³/mol. The summed E-state index contributed by atoms with van der Waals surface area (Å²) in [5, 5.41) is 2.83. The normalized spacial score (nSPS) is 12.4. The van der Waals surface area contributed by atoms with Gasteiger partial charge in [0.2, 0.25) is 0 Å². The topological polar surface area (TPSA) is 4.93 Å². The Kier molecular flexibility index (Phi) is 3.66. The lowest BCUT2D eigenvalue weighted by atomic mass is 10.1. The zero-order chi connectivity index (χ0) is 15.0. The van der Waals surface area contributed by atoms with Crippen molar-refractivity contribution in [3.63, 3.8) is 0 Å². The van der Waals surface area contributed by atoms with Crippen LogP contribution in [-0.4, -0.2) is 12.5 Å². The van der Waals surface area contributed by atoms with Crippen LogP contribution in [0.25, 0.3) is 21.8 Å². The van der Waals surface area contributed by atoms with Crippen LogP contribution in [0.4, 0.5) is 0 Å². The average molecular weight is 296 g/mol. The van der Waals surface area contributed by atoms with E-state index in [-0.39, 0.29) is 0 Å². The van der Waals surface area contributed by atoms with Crippen LogP contribution in [-0.2, 0) is 0 Å². The monoisotopic (exact) mass is 295 g/mol. The molecule has 0 saturated carbocycles. The quantitative estimate of drug-likeness (QED) is 0.524. The molecule has 1 aromatic heterocycles. The first-order chi connectivity index (χ1) is 10.0. The molecule has 110 valence electrons. The average Bonchev–Trinajstić information content (AvgIpc) is 2.80. The van der Waals surface area contributed by atoms with Crippen molar-refractivity contribution in [3.05, 3.63) is 48.0 Å². The lowest BCUT2D eigenvalue weighted by Gasteiger charge is -2.27. The molecule has 0 aliphatic carbocycles. The number of fused-ring (bicyclic) bond motifs is 3. The van der Waals surface area contributed by atoms with Gasteiger partial charge in [0.15, 0.2) is 8.24 Å². The Labute approximate surface area is 128 Å². The van der Waals surface area contributed by atoms with Crippen LogP contribution in [0.1, 0.15) is 25.3 Å². The molecule has 0 aliphatic rings. The van der Waals surface area contributed by atoms with Gasteiger partial charge < -0.3 is 4.23 Å². The molecule has 0 fully saturated rings. The molecule has 0 radical (unpaired) electrons. The lowest BCUT2D eigenvalue weighted by Crippen LogP contribution is -2.35. The van der Waals surface area contributed by atoms with Gasteiger partial charge in [-0.2, -0.15) is 0 Å². The van der Waals surface area contributed by atoms with Crippen LogP contribution in [0.5, 0.6) is 0 Å². The molecule has 3 rings (SSSR count). The van der Waals surface area contributed by atoms with E-state index in [0.717, 1.165) is 0 Å². The number of hydrogen-bond donors (Lipinski definition) is 0. The van der Waals surface area contributed by atoms with Gasteiger partial charge in [-0.15, -0.1) is 0 Å². The van der Waals surface area contributed by atoms with E-state index in [1.54, 1.807) is 0 Å². The number of nitrogens with zero attached hydrogens (tertiary/aromatic N) is 1. The van der Waals surface area contributed by atoms with Crippen LogP contribution in [0.3, 0.4) is 0 Å². The van der Waals surface area contributed by atoms with Crippen LogP contribution < -0.4 is 0 Å². The van der Waals surface area contributed by atoms with E-state index in [4.69, 9.17) is 0 Å². The zero-order valence-electron chi connectivity index (χ0n) is 13.6. The molecule has 0 saturated heterocycles. The summed E-state index contributed by atoms with van der Waals surface area (Å²) in [6.07, 6.45) is 2.62. The van der Waals surface area contributed by atoms with Crippen molar-refractivity contribution in [1.82, 2.24) is 4.23 Å². The Morgan fingerprint density at radius 3 is 2.43 bits per heavy atom. The SMILES string of the molecule is CCCC[Si](C)(C)n1c2ccccc2c2cc(C)ccc21. The second kappa shape index (κ2) is 5.34. The summed E-state index contributed by atoms with van der Waals surface area (Å²) in [5.41, 5.74) is 4.19. The van der Waals surface area contributed by atoms with E-state index < -0.39 is 8.24 Å². The first-order valence-electron chi connectivity index (χ1n) is 8.05. The molecule has 0 unspecified atom stereocenters. The summed E-state index contributed by atoms with van der Waals surface area (Å²) in [6, 6.07) is 17.2. The summed E-state index contributed by atoms with van der Waals surface area (Å²) in [6.45, 7) is 9.49. The van der Waals surface area contributed by atoms with Gasteiger partial charge in [-0.05, 0) is 31.2 Å². The molecule has 21 heavy (non-hydrogen) atoms. The highest BCUT2D eigenvalue weighted by atomic mass is 28.3. The maximum absolute atomic E-state index is 2.69. The smallest absolute Gasteiger partial charge is 0.156 e. The standard InChI is InChI=1S/C19H25NSi/c1-5-6-13-21(3,4)20-18-10-8-7-9-16(18)17-14-15(2)11-12-19(17)20/h7-12,14H,5-6,13H2,1-4H3. The maximum Gasteiger partial charge on any atom is 0.156 e. The number of benzene rings is 2. The fraction of sp³-hybridized carbons (Fsp3) is 0.368. The highest BCUT2D eigenvalue weighted by Crippen LogP contribution is 2.33. The molecule has 0 amide bonds. The molecule has 0 N–H and O–H groups in total. The van der Waals surface area contributed by atoms with Gasteiger partial charge in [-0.3, -0.25) is 0 Å². The van der Waals surface area contributed by atoms with Gasteiger partial charge in [0.25, 0.3) is 0 Å². The van der Waals surface area contributed by atoms with Crippen molar-refractivity contribution in [2.75, 3.05) is 0 Å². The fourth-order valence-corrected chi connectivity index (χ4v) is 6.60. The van der Waals surface area contributed by atoms with Gasteiger partial charge in [0.1, 0.15) is 0 Å².